The van der Waals surface area contributed by atoms with E-state index in [2.05, 4.69) is 75.3 Å². The van der Waals surface area contributed by atoms with Gasteiger partial charge in [0.15, 0.2) is 5.82 Å². The summed E-state index contributed by atoms with van der Waals surface area (Å²) in [5.41, 5.74) is 5.96. The van der Waals surface area contributed by atoms with Crippen LogP contribution in [0.4, 0.5) is 5.82 Å². The Labute approximate surface area is 159 Å². The van der Waals surface area contributed by atoms with Crippen molar-refractivity contribution in [1.29, 1.82) is 0 Å². The first-order valence-electron chi connectivity index (χ1n) is 9.80. The number of nitrogens with zero attached hydrogens (tertiary/aromatic N) is 3. The van der Waals surface area contributed by atoms with Crippen LogP contribution in [-0.4, -0.2) is 28.0 Å². The molecule has 2 aromatic carbocycles. The molecule has 0 radical (unpaired) electrons. The second-order valence-corrected chi connectivity index (χ2v) is 7.66. The number of benzene rings is 2. The van der Waals surface area contributed by atoms with Crippen LogP contribution in [0.1, 0.15) is 24.0 Å². The van der Waals surface area contributed by atoms with Crippen molar-refractivity contribution >= 4 is 27.8 Å². The zero-order valence-electron chi connectivity index (χ0n) is 15.7. The fraction of sp³-hybridized carbons (Fsp3) is 0.304. The van der Waals surface area contributed by atoms with E-state index in [-0.39, 0.29) is 0 Å². The molecule has 4 nitrogen and oxygen atoms in total. The third-order valence-corrected chi connectivity index (χ3v) is 5.88. The summed E-state index contributed by atoms with van der Waals surface area (Å²) < 4.78 is 0. The Morgan fingerprint density at radius 1 is 1.00 bits per heavy atom. The van der Waals surface area contributed by atoms with Crippen molar-refractivity contribution in [3.63, 3.8) is 0 Å². The standard InChI is InChI=1S/C23H24N4/c1-16-6-5-9-19-20(16)21-22(26-19)23(25-15-24-21)27-12-10-18(11-13-27)14-17-7-3-2-4-8-17/h2-9,15,18,26H,10-14H2,1H3. The summed E-state index contributed by atoms with van der Waals surface area (Å²) in [6.45, 7) is 4.25. The molecule has 4 heteroatoms. The molecule has 0 saturated carbocycles. The van der Waals surface area contributed by atoms with E-state index in [0.717, 1.165) is 41.4 Å². The van der Waals surface area contributed by atoms with E-state index in [1.807, 2.05) is 0 Å². The molecule has 2 aromatic heterocycles. The molecular weight excluding hydrogens is 332 g/mol. The minimum atomic E-state index is 0.755. The molecule has 4 aromatic rings. The van der Waals surface area contributed by atoms with Crippen molar-refractivity contribution in [3.8, 4) is 0 Å². The highest BCUT2D eigenvalue weighted by Gasteiger charge is 2.23. The van der Waals surface area contributed by atoms with Crippen molar-refractivity contribution in [2.75, 3.05) is 18.0 Å². The van der Waals surface area contributed by atoms with E-state index in [1.54, 1.807) is 6.33 Å². The van der Waals surface area contributed by atoms with Gasteiger partial charge in [-0.05, 0) is 49.3 Å². The lowest BCUT2D eigenvalue weighted by Gasteiger charge is -2.33. The van der Waals surface area contributed by atoms with Gasteiger partial charge in [0.1, 0.15) is 17.4 Å². The Hall–Kier alpha value is -2.88. The van der Waals surface area contributed by atoms with Gasteiger partial charge in [-0.25, -0.2) is 9.97 Å². The molecule has 5 rings (SSSR count). The maximum absolute atomic E-state index is 4.65. The van der Waals surface area contributed by atoms with E-state index < -0.39 is 0 Å². The van der Waals surface area contributed by atoms with Gasteiger partial charge in [-0.1, -0.05) is 42.5 Å². The topological polar surface area (TPSA) is 44.8 Å². The highest BCUT2D eigenvalue weighted by molar-refractivity contribution is 6.09. The summed E-state index contributed by atoms with van der Waals surface area (Å²) in [5, 5.41) is 1.22. The second-order valence-electron chi connectivity index (χ2n) is 7.66. The number of fused-ring (bicyclic) bond motifs is 3. The summed E-state index contributed by atoms with van der Waals surface area (Å²) in [7, 11) is 0. The van der Waals surface area contributed by atoms with Crippen molar-refractivity contribution in [2.45, 2.75) is 26.2 Å². The maximum Gasteiger partial charge on any atom is 0.156 e. The first kappa shape index (κ1) is 16.3. The Kier molecular flexibility index (Phi) is 4.04. The number of H-pyrrole nitrogens is 1. The van der Waals surface area contributed by atoms with E-state index in [9.17, 15) is 0 Å². The van der Waals surface area contributed by atoms with Gasteiger partial charge in [-0.15, -0.1) is 0 Å². The van der Waals surface area contributed by atoms with E-state index in [0.29, 0.717) is 0 Å². The predicted octanol–water partition coefficient (Wildman–Crippen LogP) is 4.88. The SMILES string of the molecule is Cc1cccc2[nH]c3c(N4CCC(Cc5ccccc5)CC4)ncnc3c12. The third kappa shape index (κ3) is 2.95. The fourth-order valence-electron chi connectivity index (χ4n) is 4.44. The quantitative estimate of drug-likeness (QED) is 0.569. The van der Waals surface area contributed by atoms with Gasteiger partial charge in [-0.3, -0.25) is 0 Å². The maximum atomic E-state index is 4.65. The van der Waals surface area contributed by atoms with Crippen LogP contribution >= 0.6 is 0 Å². The summed E-state index contributed by atoms with van der Waals surface area (Å²) in [4.78, 5) is 15.2. The van der Waals surface area contributed by atoms with Crippen molar-refractivity contribution in [2.24, 2.45) is 5.92 Å². The molecule has 1 saturated heterocycles. The zero-order valence-corrected chi connectivity index (χ0v) is 15.7. The Balaban J connectivity index is 1.40. The van der Waals surface area contributed by atoms with E-state index >= 15 is 0 Å². The van der Waals surface area contributed by atoms with Crippen molar-refractivity contribution in [1.82, 2.24) is 15.0 Å². The van der Waals surface area contributed by atoms with Crippen LogP contribution < -0.4 is 4.90 Å². The van der Waals surface area contributed by atoms with Crippen LogP contribution in [0.3, 0.4) is 0 Å². The molecule has 0 atom stereocenters. The van der Waals surface area contributed by atoms with Crippen LogP contribution in [0.15, 0.2) is 54.9 Å². The molecule has 0 amide bonds. The van der Waals surface area contributed by atoms with Gasteiger partial charge in [0, 0.05) is 24.0 Å². The number of aryl methyl sites for hydroxylation is 1. The number of hydrogen-bond donors (Lipinski definition) is 1. The van der Waals surface area contributed by atoms with Crippen LogP contribution in [0, 0.1) is 12.8 Å². The summed E-state index contributed by atoms with van der Waals surface area (Å²) in [6, 6.07) is 17.2. The largest absolute Gasteiger partial charge is 0.355 e. The highest BCUT2D eigenvalue weighted by Crippen LogP contribution is 2.33. The van der Waals surface area contributed by atoms with Crippen LogP contribution in [-0.2, 0) is 6.42 Å². The number of anilines is 1. The summed E-state index contributed by atoms with van der Waals surface area (Å²) in [5.74, 6) is 1.81. The predicted molar refractivity (Wildman–Crippen MR) is 111 cm³/mol. The number of nitrogens with one attached hydrogen (secondary N) is 1. The fourth-order valence-corrected chi connectivity index (χ4v) is 4.44. The highest BCUT2D eigenvalue weighted by atomic mass is 15.2. The molecule has 1 aliphatic heterocycles. The van der Waals surface area contributed by atoms with Gasteiger partial charge in [0.2, 0.25) is 0 Å². The summed E-state index contributed by atoms with van der Waals surface area (Å²) >= 11 is 0. The van der Waals surface area contributed by atoms with Crippen LogP contribution in [0.5, 0.6) is 0 Å². The first-order chi connectivity index (χ1) is 13.3. The van der Waals surface area contributed by atoms with Crippen molar-refractivity contribution in [3.05, 3.63) is 66.0 Å². The van der Waals surface area contributed by atoms with E-state index in [1.165, 1.54) is 35.8 Å². The third-order valence-electron chi connectivity index (χ3n) is 5.88. The second kappa shape index (κ2) is 6.69. The summed E-state index contributed by atoms with van der Waals surface area (Å²) in [6.07, 6.45) is 5.31. The number of hydrogen-bond acceptors (Lipinski definition) is 3. The van der Waals surface area contributed by atoms with Crippen LogP contribution in [0.25, 0.3) is 21.9 Å². The molecule has 3 heterocycles. The Morgan fingerprint density at radius 3 is 2.63 bits per heavy atom. The lowest BCUT2D eigenvalue weighted by Crippen LogP contribution is -2.35. The first-order valence-corrected chi connectivity index (χ1v) is 9.80. The van der Waals surface area contributed by atoms with Gasteiger partial charge >= 0.3 is 0 Å². The molecule has 1 fully saturated rings. The smallest absolute Gasteiger partial charge is 0.156 e. The molecule has 27 heavy (non-hydrogen) atoms. The van der Waals surface area contributed by atoms with E-state index in [4.69, 9.17) is 0 Å². The van der Waals surface area contributed by atoms with Gasteiger partial charge in [0.25, 0.3) is 0 Å². The number of aromatic amines is 1. The molecule has 136 valence electrons. The molecule has 0 spiro atoms. The number of rotatable bonds is 3. The monoisotopic (exact) mass is 356 g/mol. The van der Waals surface area contributed by atoms with Gasteiger partial charge in [0.05, 0.1) is 0 Å². The normalized spacial score (nSPS) is 15.7. The van der Waals surface area contributed by atoms with Gasteiger partial charge in [-0.2, -0.15) is 0 Å². The average Bonchev–Trinajstić information content (AvgIpc) is 3.09. The molecule has 0 unspecified atom stereocenters. The Morgan fingerprint density at radius 2 is 1.81 bits per heavy atom. The molecule has 1 N–H and O–H groups in total. The number of piperidine rings is 1. The molecule has 0 bridgehead atoms. The zero-order chi connectivity index (χ0) is 18.2. The van der Waals surface area contributed by atoms with Crippen LogP contribution in [0.2, 0.25) is 0 Å². The Bertz CT molecular complexity index is 1080. The van der Waals surface area contributed by atoms with Gasteiger partial charge < -0.3 is 9.88 Å². The minimum absolute atomic E-state index is 0.755. The number of aromatic nitrogens is 3. The molecular formula is C23H24N4. The molecule has 1 aliphatic rings. The van der Waals surface area contributed by atoms with Crippen molar-refractivity contribution < 1.29 is 0 Å². The molecule has 0 aliphatic carbocycles. The minimum Gasteiger partial charge on any atom is -0.355 e. The lowest BCUT2D eigenvalue weighted by molar-refractivity contribution is 0.402. The average molecular weight is 356 g/mol. The lowest BCUT2D eigenvalue weighted by atomic mass is 9.90.